The first kappa shape index (κ1) is 36.1. The zero-order chi connectivity index (χ0) is 35.0. The van der Waals surface area contributed by atoms with Crippen LogP contribution in [-0.2, 0) is 28.5 Å². The first-order chi connectivity index (χ1) is 23.3. The Morgan fingerprint density at radius 1 is 0.776 bits per heavy atom. The van der Waals surface area contributed by atoms with E-state index in [0.717, 1.165) is 44.1 Å². The number of hydrogen-bond acceptors (Lipinski definition) is 14. The van der Waals surface area contributed by atoms with Gasteiger partial charge in [-0.3, -0.25) is 0 Å². The van der Waals surface area contributed by atoms with Crippen molar-refractivity contribution < 1.29 is 69.3 Å². The van der Waals surface area contributed by atoms with Crippen LogP contribution in [0.4, 0.5) is 0 Å². The summed E-state index contributed by atoms with van der Waals surface area (Å²) in [6.07, 6.45) is -6.20. The number of esters is 1. The first-order valence-corrected chi connectivity index (χ1v) is 18.1. The van der Waals surface area contributed by atoms with Gasteiger partial charge in [-0.05, 0) is 92.4 Å². The minimum atomic E-state index is -1.74. The molecule has 0 aromatic carbocycles. The van der Waals surface area contributed by atoms with Gasteiger partial charge >= 0.3 is 5.97 Å². The van der Waals surface area contributed by atoms with Crippen LogP contribution in [0.2, 0.25) is 0 Å². The van der Waals surface area contributed by atoms with Crippen molar-refractivity contribution in [1.29, 1.82) is 0 Å². The molecule has 14 nitrogen and oxygen atoms in total. The van der Waals surface area contributed by atoms with Crippen molar-refractivity contribution in [2.75, 3.05) is 19.8 Å². The van der Waals surface area contributed by atoms with E-state index in [2.05, 4.69) is 13.8 Å². The molecule has 4 aliphatic carbocycles. The third kappa shape index (κ3) is 5.73. The first-order valence-electron chi connectivity index (χ1n) is 18.1. The van der Waals surface area contributed by atoms with Gasteiger partial charge in [-0.25, -0.2) is 4.79 Å². The molecule has 3 aliphatic heterocycles. The quantitative estimate of drug-likeness (QED) is 0.121. The Labute approximate surface area is 285 Å². The molecule has 278 valence electrons. The third-order valence-electron chi connectivity index (χ3n) is 14.2. The van der Waals surface area contributed by atoms with Crippen molar-refractivity contribution in [2.24, 2.45) is 34.5 Å². The summed E-state index contributed by atoms with van der Waals surface area (Å²) in [5.74, 6) is 0.596. The largest absolute Gasteiger partial charge is 0.458 e. The standard InChI is InChI=1S/C35H54O14/c1-33-8-5-18(46-32-30(28(42)26(40)23(14-37)48-32)49-31-29(43)27(41)25(39)22(13-36)47-31)12-17(33)3-4-21-20(33)6-9-34(2)19(7-10-35(21,34)44)16-11-24(38)45-15-16/h11,17-23,25-32,36-37,39-44H,3-10,12-15H2,1-2H3/t17-,18-,19+,20-,21+,22-,23-,25+,26+,27+,28+,29+,30+,31+,32-,33-,34+,35-/m0/s1. The molecule has 0 bridgehead atoms. The van der Waals surface area contributed by atoms with Crippen molar-refractivity contribution in [3.8, 4) is 0 Å². The van der Waals surface area contributed by atoms with Crippen molar-refractivity contribution in [1.82, 2.24) is 0 Å². The van der Waals surface area contributed by atoms with Crippen LogP contribution in [0, 0.1) is 34.5 Å². The second kappa shape index (κ2) is 13.3. The van der Waals surface area contributed by atoms with E-state index < -0.39 is 80.2 Å². The van der Waals surface area contributed by atoms with Crippen LogP contribution in [0.5, 0.6) is 0 Å². The number of ether oxygens (including phenoxy) is 5. The zero-order valence-corrected chi connectivity index (χ0v) is 28.3. The summed E-state index contributed by atoms with van der Waals surface area (Å²) in [6, 6.07) is 0. The van der Waals surface area contributed by atoms with Crippen molar-refractivity contribution in [3.05, 3.63) is 11.6 Å². The lowest BCUT2D eigenvalue weighted by Crippen LogP contribution is -2.65. The zero-order valence-electron chi connectivity index (χ0n) is 28.3. The van der Waals surface area contributed by atoms with Crippen LogP contribution in [-0.4, -0.2) is 140 Å². The van der Waals surface area contributed by atoms with Gasteiger partial charge in [0.25, 0.3) is 0 Å². The van der Waals surface area contributed by atoms with Crippen molar-refractivity contribution in [2.45, 2.75) is 145 Å². The monoisotopic (exact) mass is 698 g/mol. The van der Waals surface area contributed by atoms with Gasteiger partial charge in [0, 0.05) is 11.5 Å². The van der Waals surface area contributed by atoms with Crippen LogP contribution in [0.15, 0.2) is 11.6 Å². The molecule has 7 rings (SSSR count). The summed E-state index contributed by atoms with van der Waals surface area (Å²) in [4.78, 5) is 11.9. The highest BCUT2D eigenvalue weighted by Gasteiger charge is 2.68. The van der Waals surface area contributed by atoms with Crippen LogP contribution >= 0.6 is 0 Å². The Morgan fingerprint density at radius 3 is 2.14 bits per heavy atom. The third-order valence-corrected chi connectivity index (χ3v) is 14.2. The number of carbonyl (C=O) groups is 1. The molecule has 0 aromatic heterocycles. The van der Waals surface area contributed by atoms with E-state index in [4.69, 9.17) is 23.7 Å². The highest BCUT2D eigenvalue weighted by molar-refractivity contribution is 5.85. The van der Waals surface area contributed by atoms with E-state index in [1.807, 2.05) is 0 Å². The molecule has 49 heavy (non-hydrogen) atoms. The molecule has 0 amide bonds. The highest BCUT2D eigenvalue weighted by atomic mass is 16.8. The molecule has 0 aromatic rings. The average molecular weight is 699 g/mol. The Kier molecular flexibility index (Phi) is 9.80. The number of rotatable bonds is 7. The molecule has 0 radical (unpaired) electrons. The molecular weight excluding hydrogens is 644 g/mol. The fourth-order valence-corrected chi connectivity index (χ4v) is 11.3. The average Bonchev–Trinajstić information content (AvgIpc) is 3.63. The number of aliphatic hydroxyl groups excluding tert-OH is 7. The van der Waals surface area contributed by atoms with E-state index in [9.17, 15) is 45.6 Å². The van der Waals surface area contributed by atoms with Crippen LogP contribution < -0.4 is 0 Å². The maximum atomic E-state index is 12.5. The normalized spacial score (nSPS) is 54.4. The van der Waals surface area contributed by atoms with Gasteiger partial charge in [0.2, 0.25) is 0 Å². The smallest absolute Gasteiger partial charge is 0.331 e. The summed E-state index contributed by atoms with van der Waals surface area (Å²) in [5, 5.41) is 84.8. The van der Waals surface area contributed by atoms with Gasteiger partial charge in [0.1, 0.15) is 55.4 Å². The maximum absolute atomic E-state index is 12.5. The molecule has 0 unspecified atom stereocenters. The van der Waals surface area contributed by atoms with Crippen LogP contribution in [0.3, 0.4) is 0 Å². The Bertz CT molecular complexity index is 1260. The van der Waals surface area contributed by atoms with Gasteiger partial charge < -0.3 is 64.5 Å². The van der Waals surface area contributed by atoms with Gasteiger partial charge in [0.05, 0.1) is 24.9 Å². The summed E-state index contributed by atoms with van der Waals surface area (Å²) in [7, 11) is 0. The fraction of sp³-hybridized carbons (Fsp3) is 0.914. The van der Waals surface area contributed by atoms with E-state index in [1.54, 1.807) is 6.08 Å². The van der Waals surface area contributed by atoms with Crippen molar-refractivity contribution >= 4 is 5.97 Å². The van der Waals surface area contributed by atoms with Crippen molar-refractivity contribution in [3.63, 3.8) is 0 Å². The fourth-order valence-electron chi connectivity index (χ4n) is 11.3. The number of cyclic esters (lactones) is 1. The Hall–Kier alpha value is -1.27. The molecule has 6 fully saturated rings. The predicted molar refractivity (Wildman–Crippen MR) is 167 cm³/mol. The Morgan fingerprint density at radius 2 is 1.47 bits per heavy atom. The molecule has 3 heterocycles. The molecular formula is C35H54O14. The minimum absolute atomic E-state index is 0.0351. The van der Waals surface area contributed by atoms with Crippen LogP contribution in [0.1, 0.15) is 71.6 Å². The summed E-state index contributed by atoms with van der Waals surface area (Å²) < 4.78 is 29.0. The summed E-state index contributed by atoms with van der Waals surface area (Å²) in [5.41, 5.74) is -0.165. The van der Waals surface area contributed by atoms with Gasteiger partial charge in [0.15, 0.2) is 12.6 Å². The Balaban J connectivity index is 1.05. The number of fused-ring (bicyclic) bond motifs is 5. The van der Waals surface area contributed by atoms with E-state index in [1.165, 1.54) is 0 Å². The lowest BCUT2D eigenvalue weighted by molar-refractivity contribution is -0.373. The molecule has 8 N–H and O–H groups in total. The molecule has 18 atom stereocenters. The van der Waals surface area contributed by atoms with Gasteiger partial charge in [-0.15, -0.1) is 0 Å². The van der Waals surface area contributed by atoms with Gasteiger partial charge in [-0.1, -0.05) is 13.8 Å². The maximum Gasteiger partial charge on any atom is 0.331 e. The van der Waals surface area contributed by atoms with E-state index >= 15 is 0 Å². The molecule has 0 spiro atoms. The second-order valence-corrected chi connectivity index (χ2v) is 16.3. The van der Waals surface area contributed by atoms with Gasteiger partial charge in [-0.2, -0.15) is 0 Å². The number of hydrogen-bond donors (Lipinski definition) is 8. The second-order valence-electron chi connectivity index (χ2n) is 16.3. The van der Waals surface area contributed by atoms with E-state index in [0.29, 0.717) is 37.7 Å². The highest BCUT2D eigenvalue weighted by Crippen LogP contribution is 2.70. The molecule has 4 saturated carbocycles. The number of aliphatic hydroxyl groups is 8. The lowest BCUT2D eigenvalue weighted by Gasteiger charge is -2.64. The predicted octanol–water partition coefficient (Wildman–Crippen LogP) is -0.747. The van der Waals surface area contributed by atoms with Crippen LogP contribution in [0.25, 0.3) is 0 Å². The minimum Gasteiger partial charge on any atom is -0.458 e. The topological polar surface area (TPSA) is 225 Å². The SMILES string of the molecule is C[C@]12CC[C@H](O[C@H]3O[C@@H](CO)[C@@H](O)[C@@H](O)[C@H]3O[C@H]3O[C@@H](CO)[C@@H](O)[C@@H](O)[C@H]3O)C[C@@H]1CC[C@@H]1[C@@H]2CC[C@]2(C)[C@@H](C3=CC(=O)OC3)CC[C@]12O. The molecule has 2 saturated heterocycles. The molecule has 7 aliphatic rings. The molecule has 14 heteroatoms. The summed E-state index contributed by atoms with van der Waals surface area (Å²) in [6.45, 7) is 3.61. The van der Waals surface area contributed by atoms with E-state index in [-0.39, 0.29) is 34.7 Å². The lowest BCUT2D eigenvalue weighted by atomic mass is 9.43. The summed E-state index contributed by atoms with van der Waals surface area (Å²) >= 11 is 0. The number of carbonyl (C=O) groups excluding carboxylic acids is 1.